The van der Waals surface area contributed by atoms with Crippen molar-refractivity contribution < 1.29 is 4.39 Å². The average molecular weight is 411 g/mol. The maximum Gasteiger partial charge on any atom is 0.128 e. The van der Waals surface area contributed by atoms with Gasteiger partial charge in [-0.25, -0.2) is 9.37 Å². The normalized spacial score (nSPS) is 14.2. The lowest BCUT2D eigenvalue weighted by Gasteiger charge is -2.07. The number of pyridine rings is 1. The van der Waals surface area contributed by atoms with E-state index < -0.39 is 0 Å². The number of azo groups is 1. The standard InChI is InChI=1S/C25H22FN5/c26-22-9-4-12-29-30-25(22)20-10-13-27-23(15-20)24-16-31(17-28-24)14-11-19-7-3-6-18-5-1-2-8-21(18)19/h1-3,5-8,10,13,15-17H,4,9,11-12,14H2. The maximum absolute atomic E-state index is 14.4. The summed E-state index contributed by atoms with van der Waals surface area (Å²) in [5, 5.41) is 10.7. The van der Waals surface area contributed by atoms with E-state index in [1.807, 2.05) is 18.6 Å². The zero-order valence-electron chi connectivity index (χ0n) is 17.1. The van der Waals surface area contributed by atoms with E-state index in [-0.39, 0.29) is 5.83 Å². The van der Waals surface area contributed by atoms with Crippen molar-refractivity contribution in [3.63, 3.8) is 0 Å². The molecule has 2 aromatic carbocycles. The van der Waals surface area contributed by atoms with Crippen LogP contribution in [0.15, 0.2) is 89.4 Å². The summed E-state index contributed by atoms with van der Waals surface area (Å²) in [7, 11) is 0. The molecule has 0 saturated heterocycles. The summed E-state index contributed by atoms with van der Waals surface area (Å²) in [6.45, 7) is 1.37. The monoisotopic (exact) mass is 411 g/mol. The molecule has 3 heterocycles. The van der Waals surface area contributed by atoms with Gasteiger partial charge in [-0.05, 0) is 41.3 Å². The van der Waals surface area contributed by atoms with Crippen molar-refractivity contribution in [3.8, 4) is 11.4 Å². The lowest BCUT2D eigenvalue weighted by atomic mass is 10.0. The highest BCUT2D eigenvalue weighted by Crippen LogP contribution is 2.29. The van der Waals surface area contributed by atoms with Crippen molar-refractivity contribution in [2.24, 2.45) is 10.2 Å². The molecule has 1 aliphatic heterocycles. The predicted octanol–water partition coefficient (Wildman–Crippen LogP) is 6.23. The molecule has 31 heavy (non-hydrogen) atoms. The Morgan fingerprint density at radius 3 is 2.84 bits per heavy atom. The molecule has 1 aliphatic rings. The van der Waals surface area contributed by atoms with Crippen LogP contribution < -0.4 is 0 Å². The number of hydrogen-bond acceptors (Lipinski definition) is 4. The number of aryl methyl sites for hydroxylation is 2. The zero-order chi connectivity index (χ0) is 21.0. The van der Waals surface area contributed by atoms with Gasteiger partial charge >= 0.3 is 0 Å². The second kappa shape index (κ2) is 8.60. The first-order valence-corrected chi connectivity index (χ1v) is 10.5. The van der Waals surface area contributed by atoms with Crippen molar-refractivity contribution in [1.29, 1.82) is 0 Å². The SMILES string of the molecule is FC1=C(c2ccnc(-c3cn(CCc4cccc5ccccc45)cn3)c2)N=NCCC1. The Labute approximate surface area is 180 Å². The highest BCUT2D eigenvalue weighted by Gasteiger charge is 2.14. The molecular formula is C25H22FN5. The van der Waals surface area contributed by atoms with E-state index in [4.69, 9.17) is 0 Å². The summed E-state index contributed by atoms with van der Waals surface area (Å²) in [4.78, 5) is 8.95. The minimum Gasteiger partial charge on any atom is -0.336 e. The molecule has 0 saturated carbocycles. The Hall–Kier alpha value is -3.67. The van der Waals surface area contributed by atoms with E-state index in [1.165, 1.54) is 16.3 Å². The molecule has 0 atom stereocenters. The molecule has 5 rings (SSSR count). The van der Waals surface area contributed by atoms with Gasteiger partial charge in [0.05, 0.1) is 18.6 Å². The molecule has 0 aliphatic carbocycles. The molecule has 0 fully saturated rings. The average Bonchev–Trinajstić information content (AvgIpc) is 3.18. The summed E-state index contributed by atoms with van der Waals surface area (Å²) < 4.78 is 16.5. The number of benzene rings is 2. The fourth-order valence-corrected chi connectivity index (χ4v) is 3.91. The number of allylic oxidation sites excluding steroid dienone is 1. The number of halogens is 1. The number of rotatable bonds is 5. The molecule has 154 valence electrons. The van der Waals surface area contributed by atoms with E-state index in [1.54, 1.807) is 12.3 Å². The molecule has 0 amide bonds. The van der Waals surface area contributed by atoms with Gasteiger partial charge in [0.2, 0.25) is 0 Å². The van der Waals surface area contributed by atoms with E-state index in [0.717, 1.165) is 18.7 Å². The summed E-state index contributed by atoms with van der Waals surface area (Å²) in [5.74, 6) is -0.223. The summed E-state index contributed by atoms with van der Waals surface area (Å²) in [5.41, 5.74) is 3.75. The van der Waals surface area contributed by atoms with Gasteiger partial charge in [-0.2, -0.15) is 10.2 Å². The summed E-state index contributed by atoms with van der Waals surface area (Å²) in [6, 6.07) is 18.5. The molecule has 6 heteroatoms. The first kappa shape index (κ1) is 19.3. The largest absolute Gasteiger partial charge is 0.336 e. The molecule has 2 aromatic heterocycles. The third kappa shape index (κ3) is 4.14. The third-order valence-electron chi connectivity index (χ3n) is 5.53. The van der Waals surface area contributed by atoms with Crippen LogP contribution in [0.25, 0.3) is 27.9 Å². The first-order chi connectivity index (χ1) is 15.3. The molecule has 0 bridgehead atoms. The Morgan fingerprint density at radius 1 is 0.968 bits per heavy atom. The maximum atomic E-state index is 14.4. The van der Waals surface area contributed by atoms with Crippen molar-refractivity contribution >= 4 is 16.5 Å². The summed E-state index contributed by atoms with van der Waals surface area (Å²) >= 11 is 0. The van der Waals surface area contributed by atoms with Crippen LogP contribution in [0.5, 0.6) is 0 Å². The van der Waals surface area contributed by atoms with Crippen LogP contribution in [0.4, 0.5) is 4.39 Å². The highest BCUT2D eigenvalue weighted by molar-refractivity contribution is 5.85. The third-order valence-corrected chi connectivity index (χ3v) is 5.53. The molecule has 4 aromatic rings. The van der Waals surface area contributed by atoms with Crippen LogP contribution in [0.2, 0.25) is 0 Å². The van der Waals surface area contributed by atoms with Gasteiger partial charge in [0.15, 0.2) is 0 Å². The van der Waals surface area contributed by atoms with Gasteiger partial charge in [-0.3, -0.25) is 4.98 Å². The minimum atomic E-state index is -0.223. The number of nitrogens with zero attached hydrogens (tertiary/aromatic N) is 5. The predicted molar refractivity (Wildman–Crippen MR) is 120 cm³/mol. The topological polar surface area (TPSA) is 55.4 Å². The summed E-state index contributed by atoms with van der Waals surface area (Å²) in [6.07, 6.45) is 7.42. The van der Waals surface area contributed by atoms with Gasteiger partial charge in [0.25, 0.3) is 0 Å². The minimum absolute atomic E-state index is 0.223. The van der Waals surface area contributed by atoms with E-state index in [9.17, 15) is 4.39 Å². The lowest BCUT2D eigenvalue weighted by molar-refractivity contribution is 0.584. The fourth-order valence-electron chi connectivity index (χ4n) is 3.91. The van der Waals surface area contributed by atoms with E-state index in [0.29, 0.717) is 36.3 Å². The molecule has 0 unspecified atom stereocenters. The Kier molecular flexibility index (Phi) is 5.35. The van der Waals surface area contributed by atoms with Gasteiger partial charge in [-0.15, -0.1) is 0 Å². The second-order valence-electron chi connectivity index (χ2n) is 7.64. The molecule has 5 nitrogen and oxygen atoms in total. The zero-order valence-corrected chi connectivity index (χ0v) is 17.1. The van der Waals surface area contributed by atoms with Crippen LogP contribution in [0.3, 0.4) is 0 Å². The van der Waals surface area contributed by atoms with E-state index >= 15 is 0 Å². The van der Waals surface area contributed by atoms with E-state index in [2.05, 4.69) is 67.2 Å². The number of aromatic nitrogens is 3. The van der Waals surface area contributed by atoms with Gasteiger partial charge < -0.3 is 4.57 Å². The number of fused-ring (bicyclic) bond motifs is 1. The first-order valence-electron chi connectivity index (χ1n) is 10.5. The molecular weight excluding hydrogens is 389 g/mol. The van der Waals surface area contributed by atoms with Crippen LogP contribution >= 0.6 is 0 Å². The fraction of sp³-hybridized carbons (Fsp3) is 0.200. The van der Waals surface area contributed by atoms with Crippen molar-refractivity contribution in [3.05, 3.63) is 90.3 Å². The Balaban J connectivity index is 1.36. The van der Waals surface area contributed by atoms with Crippen LogP contribution in [0.1, 0.15) is 24.0 Å². The van der Waals surface area contributed by atoms with Crippen molar-refractivity contribution in [2.75, 3.05) is 6.54 Å². The van der Waals surface area contributed by atoms with Gasteiger partial charge in [0, 0.05) is 30.9 Å². The van der Waals surface area contributed by atoms with Crippen molar-refractivity contribution in [1.82, 2.24) is 14.5 Å². The highest BCUT2D eigenvalue weighted by atomic mass is 19.1. The van der Waals surface area contributed by atoms with Crippen LogP contribution in [0, 0.1) is 0 Å². The van der Waals surface area contributed by atoms with Crippen LogP contribution in [-0.4, -0.2) is 21.1 Å². The second-order valence-corrected chi connectivity index (χ2v) is 7.64. The molecule has 0 spiro atoms. The van der Waals surface area contributed by atoms with Gasteiger partial charge in [-0.1, -0.05) is 42.5 Å². The smallest absolute Gasteiger partial charge is 0.128 e. The lowest BCUT2D eigenvalue weighted by Crippen LogP contribution is -1.99. The number of imidazole rings is 1. The molecule has 0 radical (unpaired) electrons. The van der Waals surface area contributed by atoms with Gasteiger partial charge in [0.1, 0.15) is 17.2 Å². The number of hydrogen-bond donors (Lipinski definition) is 0. The van der Waals surface area contributed by atoms with Crippen LogP contribution in [-0.2, 0) is 13.0 Å². The van der Waals surface area contributed by atoms with Crippen molar-refractivity contribution in [2.45, 2.75) is 25.8 Å². The Morgan fingerprint density at radius 2 is 1.87 bits per heavy atom. The quantitative estimate of drug-likeness (QED) is 0.391. The Bertz CT molecular complexity index is 1280. The molecule has 0 N–H and O–H groups in total.